The summed E-state index contributed by atoms with van der Waals surface area (Å²) in [5.41, 5.74) is 0. The zero-order valence-electron chi connectivity index (χ0n) is 8.21. The Labute approximate surface area is 109 Å². The Morgan fingerprint density at radius 3 is 1.11 bits per heavy atom. The number of benzene rings is 1. The molecule has 0 saturated carbocycles. The third-order valence-corrected chi connectivity index (χ3v) is 5.06. The van der Waals surface area contributed by atoms with Crippen LogP contribution in [0.25, 0.3) is 0 Å². The van der Waals surface area contributed by atoms with E-state index in [2.05, 4.69) is 21.4 Å². The van der Waals surface area contributed by atoms with Crippen molar-refractivity contribution in [2.75, 3.05) is 0 Å². The Balaban J connectivity index is 3.79. The van der Waals surface area contributed by atoms with Gasteiger partial charge in [-0.1, -0.05) is 0 Å². The number of hydrogen-bond acceptors (Lipinski definition) is 0. The Kier molecular flexibility index (Phi) is 2.58. The Morgan fingerprint density at radius 1 is 0.632 bits per heavy atom. The normalized spacial score (nSPS) is 21.0. The van der Waals surface area contributed by atoms with E-state index in [-0.39, 0.29) is 0 Å². The molecule has 0 fully saturated rings. The number of rotatable bonds is 2. The molecule has 0 aliphatic heterocycles. The zero-order valence-corrected chi connectivity index (χ0v) is 11.4. The highest BCUT2D eigenvalue weighted by atomic mass is 35.7. The van der Waals surface area contributed by atoms with Crippen LogP contribution in [0.1, 0.15) is 0 Å². The SMILES string of the molecule is Fc1cc(S(F)(F)(F)(F)Cl)cc(S(F)(F)(F)(F)Cl)c1. The van der Waals surface area contributed by atoms with E-state index in [1.54, 1.807) is 0 Å². The maximum Gasteiger partial charge on any atom is 0.253 e. The van der Waals surface area contributed by atoms with Gasteiger partial charge in [-0.2, -0.15) is 0 Å². The predicted octanol–water partition coefficient (Wildman–Crippen LogP) is 7.68. The summed E-state index contributed by atoms with van der Waals surface area (Å²) in [5.74, 6) is -2.19. The fourth-order valence-corrected chi connectivity index (χ4v) is 2.96. The van der Waals surface area contributed by atoms with Crippen molar-refractivity contribution < 1.29 is 35.5 Å². The summed E-state index contributed by atoms with van der Waals surface area (Å²) in [6, 6.07) is -2.26. The molecule has 1 aromatic rings. The molecule has 0 amide bonds. The van der Waals surface area contributed by atoms with Crippen LogP contribution in [0.2, 0.25) is 0 Å². The van der Waals surface area contributed by atoms with Crippen LogP contribution in [-0.2, 0) is 0 Å². The topological polar surface area (TPSA) is 0 Å². The summed E-state index contributed by atoms with van der Waals surface area (Å²) in [6.45, 7) is 0. The first-order chi connectivity index (χ1) is 7.58. The molecular formula is C6H3Cl2F9S2. The standard InChI is InChI=1S/C6H3Cl2F9S2/c7-18(10,11,12,13)5-1-4(9)2-6(3-5)19(8,14,15,16)17/h1-3H. The van der Waals surface area contributed by atoms with Crippen LogP contribution in [0.4, 0.5) is 35.5 Å². The molecule has 1 aromatic carbocycles. The average Bonchev–Trinajstić information content (AvgIpc) is 1.93. The first-order valence-corrected chi connectivity index (χ1v) is 9.63. The Bertz CT molecular complexity index is 507. The molecule has 0 saturated heterocycles. The summed E-state index contributed by atoms with van der Waals surface area (Å²) in [6.07, 6.45) is 0. The lowest BCUT2D eigenvalue weighted by Gasteiger charge is -2.46. The fraction of sp³-hybridized carbons (Fsp3) is 0. The molecule has 0 nitrogen and oxygen atoms in total. The first kappa shape index (κ1) is 16.9. The van der Waals surface area contributed by atoms with E-state index < -0.39 is 51.9 Å². The molecule has 1 rings (SSSR count). The molecule has 0 aromatic heterocycles. The molecule has 0 radical (unpaired) electrons. The molecule has 0 atom stereocenters. The van der Waals surface area contributed by atoms with Crippen molar-refractivity contribution in [2.24, 2.45) is 0 Å². The van der Waals surface area contributed by atoms with Crippen LogP contribution >= 0.6 is 39.5 Å². The second-order valence-corrected chi connectivity index (χ2v) is 12.1. The molecule has 0 unspecified atom stereocenters. The van der Waals surface area contributed by atoms with Crippen molar-refractivity contribution in [1.29, 1.82) is 0 Å². The van der Waals surface area contributed by atoms with Crippen molar-refractivity contribution in [3.8, 4) is 0 Å². The minimum absolute atomic E-state index is 0.627. The van der Waals surface area contributed by atoms with Crippen LogP contribution < -0.4 is 0 Å². The van der Waals surface area contributed by atoms with Gasteiger partial charge in [0.2, 0.25) is 0 Å². The lowest BCUT2D eigenvalue weighted by Crippen LogP contribution is -2.10. The lowest BCUT2D eigenvalue weighted by molar-refractivity contribution is 0.470. The predicted molar refractivity (Wildman–Crippen MR) is 58.7 cm³/mol. The van der Waals surface area contributed by atoms with E-state index in [4.69, 9.17) is 0 Å². The highest BCUT2D eigenvalue weighted by Crippen LogP contribution is 3.07. The van der Waals surface area contributed by atoms with Gasteiger partial charge in [-0.25, -0.2) is 4.39 Å². The molecule has 0 bridgehead atoms. The van der Waals surface area contributed by atoms with Crippen LogP contribution in [0.15, 0.2) is 28.0 Å². The fourth-order valence-electron chi connectivity index (χ4n) is 0.982. The maximum absolute atomic E-state index is 12.8. The molecule has 116 valence electrons. The minimum Gasteiger partial charge on any atom is -0.207 e. The summed E-state index contributed by atoms with van der Waals surface area (Å²) >= 11 is 0. The van der Waals surface area contributed by atoms with E-state index >= 15 is 0 Å². The second-order valence-electron chi connectivity index (χ2n) is 3.56. The van der Waals surface area contributed by atoms with Gasteiger partial charge in [-0.05, 0) is 18.2 Å². The Morgan fingerprint density at radius 2 is 0.895 bits per heavy atom. The van der Waals surface area contributed by atoms with Gasteiger partial charge in [0.15, 0.2) is 0 Å². The molecule has 0 spiro atoms. The summed E-state index contributed by atoms with van der Waals surface area (Å²) < 4.78 is 114. The van der Waals surface area contributed by atoms with E-state index in [1.807, 2.05) is 0 Å². The van der Waals surface area contributed by atoms with Crippen molar-refractivity contribution in [1.82, 2.24) is 0 Å². The van der Waals surface area contributed by atoms with Crippen molar-refractivity contribution >= 4 is 39.5 Å². The summed E-state index contributed by atoms with van der Waals surface area (Å²) in [5, 5.41) is 0. The van der Waals surface area contributed by atoms with Gasteiger partial charge in [0, 0.05) is 21.4 Å². The second kappa shape index (κ2) is 2.90. The molecule has 19 heavy (non-hydrogen) atoms. The van der Waals surface area contributed by atoms with E-state index in [0.717, 1.165) is 0 Å². The highest BCUT2D eigenvalue weighted by Gasteiger charge is 2.67. The van der Waals surface area contributed by atoms with E-state index in [9.17, 15) is 35.5 Å². The third-order valence-electron chi connectivity index (χ3n) is 1.74. The number of halogens is 11. The average molecular weight is 381 g/mol. The van der Waals surface area contributed by atoms with Crippen molar-refractivity contribution in [3.05, 3.63) is 24.0 Å². The summed E-state index contributed by atoms with van der Waals surface area (Å²) in [7, 11) is -11.8. The van der Waals surface area contributed by atoms with Gasteiger partial charge in [0.25, 0.3) is 18.1 Å². The smallest absolute Gasteiger partial charge is 0.207 e. The number of hydrogen-bond donors (Lipinski definition) is 0. The molecule has 0 N–H and O–H groups in total. The first-order valence-electron chi connectivity index (χ1n) is 3.87. The third kappa shape index (κ3) is 4.43. The van der Waals surface area contributed by atoms with Crippen LogP contribution in [-0.4, -0.2) is 0 Å². The van der Waals surface area contributed by atoms with Gasteiger partial charge >= 0.3 is 0 Å². The molecule has 0 aliphatic carbocycles. The van der Waals surface area contributed by atoms with Gasteiger partial charge in [-0.15, -0.1) is 31.1 Å². The van der Waals surface area contributed by atoms with E-state index in [0.29, 0.717) is 0 Å². The maximum atomic E-state index is 12.8. The zero-order chi connectivity index (χ0) is 15.7. The van der Waals surface area contributed by atoms with Gasteiger partial charge in [-0.3, -0.25) is 0 Å². The molecular weight excluding hydrogens is 378 g/mol. The van der Waals surface area contributed by atoms with Crippen molar-refractivity contribution in [3.63, 3.8) is 0 Å². The highest BCUT2D eigenvalue weighted by molar-refractivity contribution is 8.66. The van der Waals surface area contributed by atoms with Crippen LogP contribution in [0.5, 0.6) is 0 Å². The van der Waals surface area contributed by atoms with Crippen molar-refractivity contribution in [2.45, 2.75) is 9.79 Å². The Hall–Kier alpha value is -0.130. The monoisotopic (exact) mass is 380 g/mol. The van der Waals surface area contributed by atoms with Gasteiger partial charge in [0.05, 0.1) is 9.79 Å². The van der Waals surface area contributed by atoms with Gasteiger partial charge < -0.3 is 0 Å². The van der Waals surface area contributed by atoms with Crippen LogP contribution in [0.3, 0.4) is 0 Å². The molecule has 13 heteroatoms. The largest absolute Gasteiger partial charge is 0.253 e. The van der Waals surface area contributed by atoms with Gasteiger partial charge in [0.1, 0.15) is 5.82 Å². The summed E-state index contributed by atoms with van der Waals surface area (Å²) in [4.78, 5) is -5.57. The molecule has 0 aliphatic rings. The van der Waals surface area contributed by atoms with E-state index in [1.165, 1.54) is 0 Å². The quantitative estimate of drug-likeness (QED) is 0.461. The van der Waals surface area contributed by atoms with Crippen LogP contribution in [0, 0.1) is 5.82 Å². The lowest BCUT2D eigenvalue weighted by atomic mass is 10.3. The minimum atomic E-state index is -9.63. The molecule has 0 heterocycles.